The number of nitrogens with zero attached hydrogens (tertiary/aromatic N) is 5. The Labute approximate surface area is 163 Å². The first-order valence-electron chi connectivity index (χ1n) is 8.61. The van der Waals surface area contributed by atoms with E-state index in [1.807, 2.05) is 43.7 Å². The van der Waals surface area contributed by atoms with Gasteiger partial charge in [-0.05, 0) is 23.3 Å². The fourth-order valence-corrected chi connectivity index (χ4v) is 3.41. The lowest BCUT2D eigenvalue weighted by atomic mass is 9.90. The topological polar surface area (TPSA) is 89.7 Å². The normalized spacial score (nSPS) is 18.9. The van der Waals surface area contributed by atoms with Crippen molar-refractivity contribution in [2.45, 2.75) is 12.5 Å². The Morgan fingerprint density at radius 3 is 2.96 bits per heavy atom. The monoisotopic (exact) mass is 387 g/mol. The molecule has 0 bridgehead atoms. The molecule has 2 aromatic heterocycles. The maximum absolute atomic E-state index is 12.7. The molecule has 1 amide bonds. The van der Waals surface area contributed by atoms with Crippen LogP contribution in [0.2, 0.25) is 0 Å². The highest BCUT2D eigenvalue weighted by atomic mass is 35.5. The van der Waals surface area contributed by atoms with Crippen molar-refractivity contribution in [2.75, 3.05) is 13.1 Å². The van der Waals surface area contributed by atoms with Gasteiger partial charge in [0.25, 0.3) is 0 Å². The van der Waals surface area contributed by atoms with Crippen molar-refractivity contribution < 1.29 is 4.79 Å². The van der Waals surface area contributed by atoms with Crippen molar-refractivity contribution in [1.82, 2.24) is 35.2 Å². The van der Waals surface area contributed by atoms with E-state index in [1.54, 1.807) is 15.7 Å². The van der Waals surface area contributed by atoms with Crippen LogP contribution < -0.4 is 10.6 Å². The second kappa shape index (κ2) is 8.32. The van der Waals surface area contributed by atoms with Crippen molar-refractivity contribution in [1.29, 1.82) is 0 Å². The minimum Gasteiger partial charge on any atom is -0.352 e. The number of benzene rings is 1. The van der Waals surface area contributed by atoms with E-state index in [-0.39, 0.29) is 30.2 Å². The van der Waals surface area contributed by atoms with E-state index in [9.17, 15) is 4.79 Å². The molecule has 142 valence electrons. The molecule has 3 aromatic rings. The lowest BCUT2D eigenvalue weighted by molar-refractivity contribution is -0.125. The van der Waals surface area contributed by atoms with Gasteiger partial charge in [0.05, 0.1) is 17.8 Å². The SMILES string of the molecule is Cl.Cn1cc([C@H]2CNC[C@@H]2C(=O)NCc2cccc(-n3cncn3)c2)cn1. The number of rotatable bonds is 5. The van der Waals surface area contributed by atoms with E-state index in [1.165, 1.54) is 6.33 Å². The average Bonchev–Trinajstić information content (AvgIpc) is 3.40. The quantitative estimate of drug-likeness (QED) is 0.682. The van der Waals surface area contributed by atoms with Gasteiger partial charge in [0.1, 0.15) is 12.7 Å². The minimum absolute atomic E-state index is 0. The second-order valence-electron chi connectivity index (χ2n) is 6.55. The van der Waals surface area contributed by atoms with Gasteiger partial charge in [0, 0.05) is 38.8 Å². The predicted molar refractivity (Wildman–Crippen MR) is 103 cm³/mol. The van der Waals surface area contributed by atoms with Crippen molar-refractivity contribution in [3.8, 4) is 5.69 Å². The van der Waals surface area contributed by atoms with Gasteiger partial charge in [-0.2, -0.15) is 10.2 Å². The molecule has 0 unspecified atom stereocenters. The van der Waals surface area contributed by atoms with E-state index >= 15 is 0 Å². The number of aryl methyl sites for hydroxylation is 1. The molecule has 1 saturated heterocycles. The van der Waals surface area contributed by atoms with Gasteiger partial charge in [-0.1, -0.05) is 12.1 Å². The Balaban J connectivity index is 0.00000210. The number of carbonyl (C=O) groups excluding carboxylic acids is 1. The second-order valence-corrected chi connectivity index (χ2v) is 6.55. The van der Waals surface area contributed by atoms with Crippen molar-refractivity contribution in [2.24, 2.45) is 13.0 Å². The van der Waals surface area contributed by atoms with Crippen molar-refractivity contribution >= 4 is 18.3 Å². The summed E-state index contributed by atoms with van der Waals surface area (Å²) in [5.41, 5.74) is 3.05. The molecule has 1 fully saturated rings. The fraction of sp³-hybridized carbons (Fsp3) is 0.333. The average molecular weight is 388 g/mol. The highest BCUT2D eigenvalue weighted by molar-refractivity contribution is 5.85. The van der Waals surface area contributed by atoms with Gasteiger partial charge in [-0.3, -0.25) is 9.48 Å². The fourth-order valence-electron chi connectivity index (χ4n) is 3.41. The number of carbonyl (C=O) groups is 1. The molecule has 1 aromatic carbocycles. The Hall–Kier alpha value is -2.71. The molecule has 2 atom stereocenters. The maximum Gasteiger partial charge on any atom is 0.225 e. The van der Waals surface area contributed by atoms with Gasteiger partial charge in [-0.25, -0.2) is 9.67 Å². The van der Waals surface area contributed by atoms with Crippen LogP contribution in [0.3, 0.4) is 0 Å². The minimum atomic E-state index is -0.0855. The number of halogens is 1. The predicted octanol–water partition coefficient (Wildman–Crippen LogP) is 1.04. The molecule has 1 aliphatic heterocycles. The number of nitrogens with one attached hydrogen (secondary N) is 2. The van der Waals surface area contributed by atoms with Crippen LogP contribution in [0.25, 0.3) is 5.69 Å². The lowest BCUT2D eigenvalue weighted by Gasteiger charge is -2.17. The van der Waals surface area contributed by atoms with E-state index < -0.39 is 0 Å². The summed E-state index contributed by atoms with van der Waals surface area (Å²) >= 11 is 0. The molecule has 0 radical (unpaired) electrons. The first kappa shape index (κ1) is 19.1. The summed E-state index contributed by atoms with van der Waals surface area (Å²) < 4.78 is 3.48. The van der Waals surface area contributed by atoms with Crippen LogP contribution in [0.4, 0.5) is 0 Å². The first-order valence-corrected chi connectivity index (χ1v) is 8.61. The highest BCUT2D eigenvalue weighted by Gasteiger charge is 2.34. The summed E-state index contributed by atoms with van der Waals surface area (Å²) in [5, 5.41) is 14.7. The third-order valence-corrected chi connectivity index (χ3v) is 4.76. The molecular formula is C18H22ClN7O. The molecule has 3 heterocycles. The smallest absolute Gasteiger partial charge is 0.225 e. The van der Waals surface area contributed by atoms with E-state index in [0.717, 1.165) is 23.4 Å². The molecule has 9 heteroatoms. The zero-order valence-electron chi connectivity index (χ0n) is 14.9. The first-order chi connectivity index (χ1) is 12.7. The summed E-state index contributed by atoms with van der Waals surface area (Å²) in [5.74, 6) is 0.137. The summed E-state index contributed by atoms with van der Waals surface area (Å²) in [6.45, 7) is 1.97. The van der Waals surface area contributed by atoms with Crippen LogP contribution in [-0.4, -0.2) is 43.5 Å². The molecule has 2 N–H and O–H groups in total. The number of hydrogen-bond acceptors (Lipinski definition) is 5. The third-order valence-electron chi connectivity index (χ3n) is 4.76. The highest BCUT2D eigenvalue weighted by Crippen LogP contribution is 2.28. The van der Waals surface area contributed by atoms with E-state index in [2.05, 4.69) is 25.8 Å². The van der Waals surface area contributed by atoms with Gasteiger partial charge < -0.3 is 10.6 Å². The number of amides is 1. The Morgan fingerprint density at radius 2 is 2.22 bits per heavy atom. The molecular weight excluding hydrogens is 366 g/mol. The van der Waals surface area contributed by atoms with Crippen LogP contribution in [0, 0.1) is 5.92 Å². The molecule has 0 aliphatic carbocycles. The van der Waals surface area contributed by atoms with Crippen LogP contribution in [0.5, 0.6) is 0 Å². The van der Waals surface area contributed by atoms with Gasteiger partial charge in [0.15, 0.2) is 0 Å². The Bertz CT molecular complexity index is 893. The Morgan fingerprint density at radius 1 is 1.33 bits per heavy atom. The van der Waals surface area contributed by atoms with Crippen LogP contribution >= 0.6 is 12.4 Å². The molecule has 1 aliphatic rings. The number of aromatic nitrogens is 5. The zero-order chi connectivity index (χ0) is 17.9. The number of hydrogen-bond donors (Lipinski definition) is 2. The zero-order valence-corrected chi connectivity index (χ0v) is 15.8. The Kier molecular flexibility index (Phi) is 5.88. The van der Waals surface area contributed by atoms with Crippen LogP contribution in [-0.2, 0) is 18.4 Å². The van der Waals surface area contributed by atoms with E-state index in [0.29, 0.717) is 13.1 Å². The maximum atomic E-state index is 12.7. The van der Waals surface area contributed by atoms with E-state index in [4.69, 9.17) is 0 Å². The van der Waals surface area contributed by atoms with Crippen molar-refractivity contribution in [3.05, 3.63) is 60.4 Å². The lowest BCUT2D eigenvalue weighted by Crippen LogP contribution is -2.34. The molecule has 8 nitrogen and oxygen atoms in total. The van der Waals surface area contributed by atoms with Crippen molar-refractivity contribution in [3.63, 3.8) is 0 Å². The summed E-state index contributed by atoms with van der Waals surface area (Å²) in [6, 6.07) is 7.90. The van der Waals surface area contributed by atoms with Crippen LogP contribution in [0.15, 0.2) is 49.3 Å². The summed E-state index contributed by atoms with van der Waals surface area (Å²) in [4.78, 5) is 16.7. The van der Waals surface area contributed by atoms with Gasteiger partial charge >= 0.3 is 0 Å². The third kappa shape index (κ3) is 4.17. The molecule has 27 heavy (non-hydrogen) atoms. The summed E-state index contributed by atoms with van der Waals surface area (Å²) in [6.07, 6.45) is 6.99. The van der Waals surface area contributed by atoms with Crippen LogP contribution in [0.1, 0.15) is 17.0 Å². The molecule has 0 spiro atoms. The standard InChI is InChI=1S/C18H21N7O.ClH/c1-24-10-14(7-22-24)16-8-19-9-17(16)18(26)21-6-13-3-2-4-15(5-13)25-12-20-11-23-25;/h2-5,7,10-12,16-17,19H,6,8-9H2,1H3,(H,21,26);1H/t16-,17+;/m1./s1. The summed E-state index contributed by atoms with van der Waals surface area (Å²) in [7, 11) is 1.89. The van der Waals surface area contributed by atoms with Gasteiger partial charge in [0.2, 0.25) is 5.91 Å². The molecule has 0 saturated carbocycles. The van der Waals surface area contributed by atoms with Gasteiger partial charge in [-0.15, -0.1) is 12.4 Å². The molecule has 4 rings (SSSR count). The largest absolute Gasteiger partial charge is 0.352 e.